The van der Waals surface area contributed by atoms with E-state index >= 15 is 0 Å². The van der Waals surface area contributed by atoms with Crippen LogP contribution in [0.3, 0.4) is 0 Å². The van der Waals surface area contributed by atoms with E-state index in [0.717, 1.165) is 55.0 Å². The van der Waals surface area contributed by atoms with Gasteiger partial charge in [0, 0.05) is 32.5 Å². The van der Waals surface area contributed by atoms with Crippen LogP contribution in [0.15, 0.2) is 34.4 Å². The van der Waals surface area contributed by atoms with Crippen molar-refractivity contribution in [3.05, 3.63) is 35.7 Å². The fourth-order valence-electron chi connectivity index (χ4n) is 4.40. The minimum absolute atomic E-state index is 0.149. The standard InChI is InChI=1S/C22H32N6OS/c1-23-21(25-15-18-14-16-8-3-6-11-19(16)29-18)24-13-7-12-20-26-27-22(30-2)28(20)17-9-4-5-10-17/h3,6,8,11,17-18H,4-5,7,9-10,12-15H2,1-2H3,(H2,23,24,25). The Morgan fingerprint density at radius 1 is 1.23 bits per heavy atom. The zero-order valence-corrected chi connectivity index (χ0v) is 18.7. The Kier molecular flexibility index (Phi) is 7.15. The highest BCUT2D eigenvalue weighted by molar-refractivity contribution is 7.98. The van der Waals surface area contributed by atoms with E-state index in [-0.39, 0.29) is 6.10 Å². The number of aliphatic imine (C=N–C) groups is 1. The van der Waals surface area contributed by atoms with Crippen molar-refractivity contribution >= 4 is 17.7 Å². The second kappa shape index (κ2) is 10.2. The topological polar surface area (TPSA) is 76.4 Å². The highest BCUT2D eigenvalue weighted by Crippen LogP contribution is 2.33. The Balaban J connectivity index is 1.21. The molecule has 2 heterocycles. The van der Waals surface area contributed by atoms with Gasteiger partial charge < -0.3 is 19.9 Å². The highest BCUT2D eigenvalue weighted by atomic mass is 32.2. The summed E-state index contributed by atoms with van der Waals surface area (Å²) in [6.07, 6.45) is 10.2. The van der Waals surface area contributed by atoms with Crippen molar-refractivity contribution in [2.24, 2.45) is 4.99 Å². The molecule has 1 saturated carbocycles. The minimum Gasteiger partial charge on any atom is -0.488 e. The number of para-hydroxylation sites is 1. The summed E-state index contributed by atoms with van der Waals surface area (Å²) in [6.45, 7) is 1.58. The van der Waals surface area contributed by atoms with E-state index in [1.165, 1.54) is 31.2 Å². The predicted molar refractivity (Wildman–Crippen MR) is 122 cm³/mol. The molecule has 1 aromatic heterocycles. The molecule has 1 fully saturated rings. The first-order chi connectivity index (χ1) is 14.8. The number of nitrogens with zero attached hydrogens (tertiary/aromatic N) is 4. The van der Waals surface area contributed by atoms with Gasteiger partial charge in [0.1, 0.15) is 17.7 Å². The van der Waals surface area contributed by atoms with E-state index in [2.05, 4.69) is 48.8 Å². The molecule has 7 nitrogen and oxygen atoms in total. The van der Waals surface area contributed by atoms with Gasteiger partial charge in [0.05, 0.1) is 6.54 Å². The number of hydrogen-bond donors (Lipinski definition) is 2. The number of guanidine groups is 1. The van der Waals surface area contributed by atoms with Crippen LogP contribution in [0.4, 0.5) is 0 Å². The molecule has 1 atom stereocenters. The van der Waals surface area contributed by atoms with Gasteiger partial charge in [0.2, 0.25) is 0 Å². The molecule has 2 N–H and O–H groups in total. The molecule has 0 radical (unpaired) electrons. The average Bonchev–Trinajstić information content (AvgIpc) is 3.51. The lowest BCUT2D eigenvalue weighted by molar-refractivity contribution is 0.235. The largest absolute Gasteiger partial charge is 0.488 e. The summed E-state index contributed by atoms with van der Waals surface area (Å²) in [5.41, 5.74) is 1.28. The zero-order chi connectivity index (χ0) is 20.8. The Morgan fingerprint density at radius 2 is 2.07 bits per heavy atom. The lowest BCUT2D eigenvalue weighted by Gasteiger charge is -2.17. The summed E-state index contributed by atoms with van der Waals surface area (Å²) in [4.78, 5) is 4.34. The molecular weight excluding hydrogens is 396 g/mol. The normalized spacial score (nSPS) is 19.0. The van der Waals surface area contributed by atoms with Crippen LogP contribution in [0.2, 0.25) is 0 Å². The lowest BCUT2D eigenvalue weighted by atomic mass is 10.1. The number of aromatic nitrogens is 3. The third-order valence-corrected chi connectivity index (χ3v) is 6.56. The maximum absolute atomic E-state index is 5.99. The van der Waals surface area contributed by atoms with Crippen molar-refractivity contribution in [2.75, 3.05) is 26.4 Å². The van der Waals surface area contributed by atoms with E-state index < -0.39 is 0 Å². The molecule has 4 rings (SSSR count). The first-order valence-corrected chi connectivity index (χ1v) is 12.2. The van der Waals surface area contributed by atoms with Crippen molar-refractivity contribution < 1.29 is 4.74 Å². The van der Waals surface area contributed by atoms with Gasteiger partial charge in [-0.25, -0.2) is 0 Å². The van der Waals surface area contributed by atoms with Crippen LogP contribution < -0.4 is 15.4 Å². The number of benzene rings is 1. The molecule has 0 amide bonds. The van der Waals surface area contributed by atoms with Crippen molar-refractivity contribution in [3.8, 4) is 5.75 Å². The lowest BCUT2D eigenvalue weighted by Crippen LogP contribution is -2.42. The van der Waals surface area contributed by atoms with Crippen LogP contribution in [-0.2, 0) is 12.8 Å². The van der Waals surface area contributed by atoms with Crippen LogP contribution >= 0.6 is 11.8 Å². The van der Waals surface area contributed by atoms with Crippen molar-refractivity contribution in [1.29, 1.82) is 0 Å². The van der Waals surface area contributed by atoms with Crippen molar-refractivity contribution in [1.82, 2.24) is 25.4 Å². The van der Waals surface area contributed by atoms with E-state index in [0.29, 0.717) is 6.04 Å². The van der Waals surface area contributed by atoms with Gasteiger partial charge in [-0.2, -0.15) is 0 Å². The van der Waals surface area contributed by atoms with Crippen LogP contribution in [0.1, 0.15) is 49.5 Å². The second-order valence-corrected chi connectivity index (χ2v) is 8.72. The van der Waals surface area contributed by atoms with Gasteiger partial charge in [-0.1, -0.05) is 42.8 Å². The summed E-state index contributed by atoms with van der Waals surface area (Å²) >= 11 is 1.70. The molecule has 1 aliphatic heterocycles. The second-order valence-electron chi connectivity index (χ2n) is 7.95. The number of aryl methyl sites for hydroxylation is 1. The van der Waals surface area contributed by atoms with E-state index in [4.69, 9.17) is 4.74 Å². The van der Waals surface area contributed by atoms with Crippen molar-refractivity contribution in [3.63, 3.8) is 0 Å². The summed E-state index contributed by atoms with van der Waals surface area (Å²) in [6, 6.07) is 8.83. The summed E-state index contributed by atoms with van der Waals surface area (Å²) in [5.74, 6) is 2.94. The van der Waals surface area contributed by atoms with Gasteiger partial charge in [-0.05, 0) is 37.1 Å². The first kappa shape index (κ1) is 21.0. The molecule has 1 aliphatic carbocycles. The zero-order valence-electron chi connectivity index (χ0n) is 17.9. The summed E-state index contributed by atoms with van der Waals surface area (Å²) in [5, 5.41) is 16.7. The Labute approximate surface area is 183 Å². The van der Waals surface area contributed by atoms with Crippen LogP contribution in [0.25, 0.3) is 0 Å². The molecule has 162 valence electrons. The molecule has 2 aliphatic rings. The van der Waals surface area contributed by atoms with Gasteiger partial charge in [-0.15, -0.1) is 10.2 Å². The number of nitrogens with one attached hydrogen (secondary N) is 2. The maximum atomic E-state index is 5.99. The molecule has 8 heteroatoms. The molecule has 0 bridgehead atoms. The third-order valence-electron chi connectivity index (χ3n) is 5.91. The van der Waals surface area contributed by atoms with Gasteiger partial charge >= 0.3 is 0 Å². The number of hydrogen-bond acceptors (Lipinski definition) is 5. The van der Waals surface area contributed by atoms with Gasteiger partial charge in [0.25, 0.3) is 0 Å². The number of fused-ring (bicyclic) bond motifs is 1. The Hall–Kier alpha value is -2.22. The SMILES string of the molecule is CN=C(NCCCc1nnc(SC)n1C1CCCC1)NCC1Cc2ccccc2O1. The highest BCUT2D eigenvalue weighted by Gasteiger charge is 2.24. The maximum Gasteiger partial charge on any atom is 0.191 e. The number of thioether (sulfide) groups is 1. The predicted octanol–water partition coefficient (Wildman–Crippen LogP) is 3.22. The van der Waals surface area contributed by atoms with Crippen LogP contribution in [0.5, 0.6) is 5.75 Å². The molecule has 0 saturated heterocycles. The Bertz CT molecular complexity index is 836. The smallest absolute Gasteiger partial charge is 0.191 e. The molecule has 2 aromatic rings. The molecule has 0 spiro atoms. The van der Waals surface area contributed by atoms with Gasteiger partial charge in [-0.3, -0.25) is 4.99 Å². The Morgan fingerprint density at radius 3 is 2.83 bits per heavy atom. The molecular formula is C22H32N6OS. The number of ether oxygens (including phenoxy) is 1. The monoisotopic (exact) mass is 428 g/mol. The fraction of sp³-hybridized carbons (Fsp3) is 0.591. The first-order valence-electron chi connectivity index (χ1n) is 11.0. The van der Waals surface area contributed by atoms with E-state index in [1.54, 1.807) is 18.8 Å². The van der Waals surface area contributed by atoms with Crippen molar-refractivity contribution in [2.45, 2.75) is 62.2 Å². The molecule has 1 unspecified atom stereocenters. The van der Waals surface area contributed by atoms with E-state index in [9.17, 15) is 0 Å². The molecule has 1 aromatic carbocycles. The quantitative estimate of drug-likeness (QED) is 0.291. The minimum atomic E-state index is 0.149. The van der Waals surface area contributed by atoms with Gasteiger partial charge in [0.15, 0.2) is 11.1 Å². The fourth-order valence-corrected chi connectivity index (χ4v) is 4.97. The van der Waals surface area contributed by atoms with Crippen LogP contribution in [0, 0.1) is 0 Å². The molecule has 30 heavy (non-hydrogen) atoms. The third kappa shape index (κ3) is 4.91. The summed E-state index contributed by atoms with van der Waals surface area (Å²) < 4.78 is 8.38. The summed E-state index contributed by atoms with van der Waals surface area (Å²) in [7, 11) is 1.81. The van der Waals surface area contributed by atoms with E-state index in [1.807, 2.05) is 12.1 Å². The van der Waals surface area contributed by atoms with Crippen LogP contribution in [-0.4, -0.2) is 53.2 Å². The average molecular weight is 429 g/mol. The number of rotatable bonds is 8.